The van der Waals surface area contributed by atoms with E-state index in [2.05, 4.69) is 46.0 Å². The van der Waals surface area contributed by atoms with Crippen molar-refractivity contribution in [2.45, 2.75) is 25.9 Å². The summed E-state index contributed by atoms with van der Waals surface area (Å²) in [5.74, 6) is 1.94. The Morgan fingerprint density at radius 3 is 2.76 bits per heavy atom. The zero-order valence-electron chi connectivity index (χ0n) is 18.4. The minimum absolute atomic E-state index is 0.553. The molecule has 0 amide bonds. The normalized spacial score (nSPS) is 16.9. The average Bonchev–Trinajstić information content (AvgIpc) is 3.31. The van der Waals surface area contributed by atoms with Crippen molar-refractivity contribution in [1.29, 1.82) is 0 Å². The fourth-order valence-corrected chi connectivity index (χ4v) is 5.61. The molecule has 2 fully saturated rings. The van der Waals surface area contributed by atoms with E-state index >= 15 is 0 Å². The molecule has 3 aromatic heterocycles. The highest BCUT2D eigenvalue weighted by Gasteiger charge is 2.24. The number of anilines is 1. The maximum Gasteiger partial charge on any atom is 0.223 e. The van der Waals surface area contributed by atoms with Gasteiger partial charge in [-0.1, -0.05) is 16.8 Å². The predicted octanol–water partition coefficient (Wildman–Crippen LogP) is 5.22. The van der Waals surface area contributed by atoms with Crippen molar-refractivity contribution in [2.75, 3.05) is 31.1 Å². The molecule has 1 aliphatic carbocycles. The molecule has 176 valence electrons. The van der Waals surface area contributed by atoms with E-state index in [4.69, 9.17) is 16.3 Å². The van der Waals surface area contributed by atoms with Gasteiger partial charge in [-0.05, 0) is 52.9 Å². The zero-order valence-corrected chi connectivity index (χ0v) is 21.6. The molecular formula is C23H23BrClN7OS. The SMILES string of the molecule is Clc1cnc(Oc2ccc3c(nnn3CC3CC3)c2Br)c(CN2CCN(c3nccs3)CC2)c1. The molecule has 11 heteroatoms. The van der Waals surface area contributed by atoms with Gasteiger partial charge in [-0.3, -0.25) is 4.90 Å². The Morgan fingerprint density at radius 2 is 2.00 bits per heavy atom. The molecular weight excluding hydrogens is 538 g/mol. The van der Waals surface area contributed by atoms with Crippen LogP contribution in [0, 0.1) is 5.92 Å². The monoisotopic (exact) mass is 559 g/mol. The van der Waals surface area contributed by atoms with Crippen LogP contribution in [0.2, 0.25) is 5.02 Å². The summed E-state index contributed by atoms with van der Waals surface area (Å²) in [6, 6.07) is 5.91. The standard InChI is InChI=1S/C23H23BrClN7OS/c24-20-19(4-3-18-21(20)28-29-32(18)13-15-1-2-15)33-22-16(11-17(25)12-27-22)14-30-6-8-31(9-7-30)23-26-5-10-34-23/h3-5,10-12,15H,1-2,6-9,13-14H2. The Kier molecular flexibility index (Phi) is 6.15. The Labute approximate surface area is 214 Å². The zero-order chi connectivity index (χ0) is 23.1. The first-order chi connectivity index (χ1) is 16.6. The first-order valence-corrected chi connectivity index (χ1v) is 13.4. The van der Waals surface area contributed by atoms with Crippen LogP contribution in [0.1, 0.15) is 18.4 Å². The molecule has 2 aliphatic rings. The van der Waals surface area contributed by atoms with E-state index in [1.807, 2.05) is 34.5 Å². The number of benzene rings is 1. The lowest BCUT2D eigenvalue weighted by molar-refractivity contribution is 0.246. The van der Waals surface area contributed by atoms with Crippen molar-refractivity contribution in [3.8, 4) is 11.6 Å². The third-order valence-corrected chi connectivity index (χ3v) is 8.08. The van der Waals surface area contributed by atoms with Crippen LogP contribution in [0.4, 0.5) is 5.13 Å². The Morgan fingerprint density at radius 1 is 1.15 bits per heavy atom. The second-order valence-electron chi connectivity index (χ2n) is 8.76. The van der Waals surface area contributed by atoms with Gasteiger partial charge in [-0.15, -0.1) is 16.4 Å². The molecule has 4 heterocycles. The molecule has 0 radical (unpaired) electrons. The molecule has 0 unspecified atom stereocenters. The lowest BCUT2D eigenvalue weighted by Gasteiger charge is -2.34. The number of halogens is 2. The molecule has 0 spiro atoms. The van der Waals surface area contributed by atoms with E-state index < -0.39 is 0 Å². The van der Waals surface area contributed by atoms with Crippen molar-refractivity contribution in [2.24, 2.45) is 5.92 Å². The Balaban J connectivity index is 1.19. The molecule has 0 N–H and O–H groups in total. The van der Waals surface area contributed by atoms with Crippen LogP contribution >= 0.6 is 38.9 Å². The summed E-state index contributed by atoms with van der Waals surface area (Å²) in [5.41, 5.74) is 2.76. The number of rotatable bonds is 7. The van der Waals surface area contributed by atoms with Crippen molar-refractivity contribution in [1.82, 2.24) is 29.9 Å². The third kappa shape index (κ3) is 4.64. The van der Waals surface area contributed by atoms with Gasteiger partial charge in [0.1, 0.15) is 11.3 Å². The predicted molar refractivity (Wildman–Crippen MR) is 137 cm³/mol. The summed E-state index contributed by atoms with van der Waals surface area (Å²) in [6.45, 7) is 5.39. The number of pyridine rings is 1. The highest BCUT2D eigenvalue weighted by Crippen LogP contribution is 2.37. The first kappa shape index (κ1) is 22.2. The van der Waals surface area contributed by atoms with Gasteiger partial charge < -0.3 is 9.64 Å². The molecule has 34 heavy (non-hydrogen) atoms. The van der Waals surface area contributed by atoms with Crippen LogP contribution in [-0.4, -0.2) is 56.0 Å². The average molecular weight is 561 g/mol. The topological polar surface area (TPSA) is 72.2 Å². The number of ether oxygens (including phenoxy) is 1. The van der Waals surface area contributed by atoms with Crippen LogP contribution in [0.25, 0.3) is 11.0 Å². The third-order valence-electron chi connectivity index (χ3n) is 6.27. The fraction of sp³-hybridized carbons (Fsp3) is 0.391. The number of thiazole rings is 1. The van der Waals surface area contributed by atoms with Gasteiger partial charge in [0.05, 0.1) is 15.0 Å². The summed E-state index contributed by atoms with van der Waals surface area (Å²) < 4.78 is 9.06. The highest BCUT2D eigenvalue weighted by atomic mass is 79.9. The number of hydrogen-bond donors (Lipinski definition) is 0. The summed E-state index contributed by atoms with van der Waals surface area (Å²) in [5, 5.41) is 12.4. The van der Waals surface area contributed by atoms with Crippen LogP contribution < -0.4 is 9.64 Å². The van der Waals surface area contributed by atoms with E-state index in [-0.39, 0.29) is 0 Å². The van der Waals surface area contributed by atoms with Crippen LogP contribution in [0.5, 0.6) is 11.6 Å². The molecule has 4 aromatic rings. The maximum absolute atomic E-state index is 6.30. The number of fused-ring (bicyclic) bond motifs is 1. The van der Waals surface area contributed by atoms with Crippen molar-refractivity contribution < 1.29 is 4.74 Å². The van der Waals surface area contributed by atoms with Crippen molar-refractivity contribution in [3.05, 3.63) is 51.0 Å². The van der Waals surface area contributed by atoms with E-state index in [1.54, 1.807) is 17.5 Å². The van der Waals surface area contributed by atoms with E-state index in [0.29, 0.717) is 23.2 Å². The van der Waals surface area contributed by atoms with Crippen LogP contribution in [-0.2, 0) is 13.1 Å². The number of nitrogens with zero attached hydrogens (tertiary/aromatic N) is 7. The van der Waals surface area contributed by atoms with E-state index in [0.717, 1.165) is 64.8 Å². The lowest BCUT2D eigenvalue weighted by Crippen LogP contribution is -2.46. The second-order valence-corrected chi connectivity index (χ2v) is 10.9. The smallest absolute Gasteiger partial charge is 0.223 e. The van der Waals surface area contributed by atoms with Gasteiger partial charge in [0.25, 0.3) is 0 Å². The van der Waals surface area contributed by atoms with Gasteiger partial charge in [0, 0.05) is 62.6 Å². The van der Waals surface area contributed by atoms with Crippen LogP contribution in [0.3, 0.4) is 0 Å². The molecule has 1 aromatic carbocycles. The molecule has 0 atom stereocenters. The molecule has 1 saturated heterocycles. The van der Waals surface area contributed by atoms with Crippen LogP contribution in [0.15, 0.2) is 40.4 Å². The fourth-order valence-electron chi connectivity index (χ4n) is 4.23. The van der Waals surface area contributed by atoms with Gasteiger partial charge in [-0.25, -0.2) is 14.6 Å². The maximum atomic E-state index is 6.30. The summed E-state index contributed by atoms with van der Waals surface area (Å²) >= 11 is 11.7. The number of aromatic nitrogens is 5. The summed E-state index contributed by atoms with van der Waals surface area (Å²) in [7, 11) is 0. The minimum atomic E-state index is 0.553. The van der Waals surface area contributed by atoms with E-state index in [9.17, 15) is 0 Å². The first-order valence-electron chi connectivity index (χ1n) is 11.3. The quantitative estimate of drug-likeness (QED) is 0.307. The van der Waals surface area contributed by atoms with Gasteiger partial charge >= 0.3 is 0 Å². The second kappa shape index (κ2) is 9.41. The highest BCUT2D eigenvalue weighted by molar-refractivity contribution is 9.10. The molecule has 1 saturated carbocycles. The Hall–Kier alpha value is -2.27. The largest absolute Gasteiger partial charge is 0.437 e. The van der Waals surface area contributed by atoms with Crippen molar-refractivity contribution in [3.63, 3.8) is 0 Å². The Bertz CT molecular complexity index is 1300. The minimum Gasteiger partial charge on any atom is -0.437 e. The van der Waals surface area contributed by atoms with Gasteiger partial charge in [-0.2, -0.15) is 0 Å². The molecule has 6 rings (SSSR count). The molecule has 1 aliphatic heterocycles. The van der Waals surface area contributed by atoms with Gasteiger partial charge in [0.15, 0.2) is 5.13 Å². The lowest BCUT2D eigenvalue weighted by atomic mass is 10.2. The van der Waals surface area contributed by atoms with Crippen molar-refractivity contribution >= 4 is 55.0 Å². The number of piperazine rings is 1. The molecule has 0 bridgehead atoms. The molecule has 8 nitrogen and oxygen atoms in total. The summed E-state index contributed by atoms with van der Waals surface area (Å²) in [4.78, 5) is 13.7. The summed E-state index contributed by atoms with van der Waals surface area (Å²) in [6.07, 6.45) is 6.03. The van der Waals surface area contributed by atoms with Gasteiger partial charge in [0.2, 0.25) is 5.88 Å². The van der Waals surface area contributed by atoms with E-state index in [1.165, 1.54) is 12.8 Å². The number of hydrogen-bond acceptors (Lipinski definition) is 8.